The summed E-state index contributed by atoms with van der Waals surface area (Å²) in [5.41, 5.74) is 9.49. The van der Waals surface area contributed by atoms with Crippen LogP contribution >= 0.6 is 11.3 Å². The Kier molecular flexibility index (Phi) is 5.57. The summed E-state index contributed by atoms with van der Waals surface area (Å²) in [6, 6.07) is 54.6. The fourth-order valence-electron chi connectivity index (χ4n) is 8.02. The molecule has 0 aliphatic rings. The van der Waals surface area contributed by atoms with Crippen LogP contribution in [0.4, 0.5) is 0 Å². The predicted molar refractivity (Wildman–Crippen MR) is 208 cm³/mol. The summed E-state index contributed by atoms with van der Waals surface area (Å²) in [6.07, 6.45) is 1.85. The van der Waals surface area contributed by atoms with Gasteiger partial charge in [-0.25, -0.2) is 0 Å². The molecule has 0 N–H and O–H groups in total. The summed E-state index contributed by atoms with van der Waals surface area (Å²) in [4.78, 5) is 0. The van der Waals surface area contributed by atoms with Gasteiger partial charge in [0.1, 0.15) is 16.7 Å². The molecule has 3 aromatic heterocycles. The maximum atomic E-state index is 7.00. The maximum absolute atomic E-state index is 7.00. The first-order chi connectivity index (χ1) is 24.3. The van der Waals surface area contributed by atoms with Gasteiger partial charge in [0.05, 0.1) is 11.6 Å². The van der Waals surface area contributed by atoms with Crippen LogP contribution in [0.1, 0.15) is 0 Å². The Labute approximate surface area is 285 Å². The highest BCUT2D eigenvalue weighted by atomic mass is 32.1. The number of benzene rings is 8. The summed E-state index contributed by atoms with van der Waals surface area (Å²) in [7, 11) is 0. The Morgan fingerprint density at radius 2 is 1.00 bits per heavy atom. The van der Waals surface area contributed by atoms with Gasteiger partial charge in [0, 0.05) is 47.6 Å². The van der Waals surface area contributed by atoms with Crippen LogP contribution in [-0.2, 0) is 0 Å². The molecule has 0 amide bonds. The first kappa shape index (κ1) is 26.9. The van der Waals surface area contributed by atoms with E-state index in [4.69, 9.17) is 8.83 Å². The van der Waals surface area contributed by atoms with Gasteiger partial charge in [-0.2, -0.15) is 0 Å². The Hall–Kier alpha value is -6.16. The van der Waals surface area contributed by atoms with Crippen LogP contribution in [0.25, 0.3) is 108 Å². The van der Waals surface area contributed by atoms with Gasteiger partial charge in [0.2, 0.25) is 0 Å². The minimum atomic E-state index is 0.822. The van der Waals surface area contributed by atoms with Crippen molar-refractivity contribution in [1.82, 2.24) is 0 Å². The minimum absolute atomic E-state index is 0.822. The largest absolute Gasteiger partial charge is 0.464 e. The Morgan fingerprint density at radius 1 is 0.388 bits per heavy atom. The van der Waals surface area contributed by atoms with Crippen LogP contribution < -0.4 is 0 Å². The fraction of sp³-hybridized carbons (Fsp3) is 0. The Bertz CT molecular complexity index is 3050. The molecule has 11 aromatic rings. The summed E-state index contributed by atoms with van der Waals surface area (Å²) >= 11 is 1.87. The monoisotopic (exact) mass is 642 g/mol. The average molecular weight is 643 g/mol. The van der Waals surface area contributed by atoms with E-state index >= 15 is 0 Å². The molecule has 49 heavy (non-hydrogen) atoms. The molecular weight excluding hydrogens is 617 g/mol. The molecule has 228 valence electrons. The van der Waals surface area contributed by atoms with Gasteiger partial charge in [-0.1, -0.05) is 127 Å². The van der Waals surface area contributed by atoms with E-state index in [0.717, 1.165) is 49.6 Å². The zero-order chi connectivity index (χ0) is 32.1. The molecule has 0 spiro atoms. The molecule has 0 saturated heterocycles. The predicted octanol–water partition coefficient (Wildman–Crippen LogP) is 14.0. The standard InChI is InChI=1S/C46H26O2S/c1-2-11-27(12-3-1)38-26-47-39-24-23-36-35-18-10-19-37(45(35)48-46(36)44(38)39)43-33-16-6-4-14-31(33)42(32-15-5-7-17-34(32)43)28-21-22-30-29-13-8-9-20-40(29)49-41(30)25-28/h1-26H. The van der Waals surface area contributed by atoms with E-state index in [1.807, 2.05) is 23.7 Å². The van der Waals surface area contributed by atoms with Gasteiger partial charge in [0.25, 0.3) is 0 Å². The quantitative estimate of drug-likeness (QED) is 0.179. The SMILES string of the molecule is c1ccc(-c2coc3ccc4c5cccc(-c6c7ccccc7c(-c7ccc8c(c7)sc7ccccc78)c7ccccc67)c5oc4c23)cc1. The molecule has 3 heteroatoms. The van der Waals surface area contributed by atoms with Gasteiger partial charge in [-0.05, 0) is 62.5 Å². The second kappa shape index (κ2) is 10.2. The van der Waals surface area contributed by atoms with Crippen LogP contribution in [-0.4, -0.2) is 0 Å². The molecule has 3 heterocycles. The molecular formula is C46H26O2S. The van der Waals surface area contributed by atoms with Crippen LogP contribution in [0, 0.1) is 0 Å². The van der Waals surface area contributed by atoms with Gasteiger partial charge >= 0.3 is 0 Å². The van der Waals surface area contributed by atoms with E-state index in [1.165, 1.54) is 58.4 Å². The molecule has 8 aromatic carbocycles. The van der Waals surface area contributed by atoms with Crippen molar-refractivity contribution in [3.8, 4) is 33.4 Å². The maximum Gasteiger partial charge on any atom is 0.147 e. The topological polar surface area (TPSA) is 26.3 Å². The van der Waals surface area contributed by atoms with Crippen molar-refractivity contribution in [2.24, 2.45) is 0 Å². The average Bonchev–Trinajstić information content (AvgIpc) is 3.87. The van der Waals surface area contributed by atoms with E-state index in [1.54, 1.807) is 0 Å². The fourth-order valence-corrected chi connectivity index (χ4v) is 9.16. The molecule has 0 atom stereocenters. The third-order valence-electron chi connectivity index (χ3n) is 10.2. The molecule has 0 unspecified atom stereocenters. The Balaban J connectivity index is 1.21. The van der Waals surface area contributed by atoms with Crippen molar-refractivity contribution >= 4 is 86.0 Å². The molecule has 0 saturated carbocycles. The number of rotatable bonds is 3. The number of furan rings is 2. The third-order valence-corrected chi connectivity index (χ3v) is 11.3. The van der Waals surface area contributed by atoms with Crippen molar-refractivity contribution in [3.63, 3.8) is 0 Å². The van der Waals surface area contributed by atoms with Crippen molar-refractivity contribution in [1.29, 1.82) is 0 Å². The molecule has 0 radical (unpaired) electrons. The van der Waals surface area contributed by atoms with Crippen molar-refractivity contribution in [3.05, 3.63) is 158 Å². The number of fused-ring (bicyclic) bond motifs is 10. The smallest absolute Gasteiger partial charge is 0.147 e. The summed E-state index contributed by atoms with van der Waals surface area (Å²) in [6.45, 7) is 0. The number of hydrogen-bond donors (Lipinski definition) is 0. The first-order valence-corrected chi connectivity index (χ1v) is 17.4. The lowest BCUT2D eigenvalue weighted by Crippen LogP contribution is -1.91. The number of hydrogen-bond acceptors (Lipinski definition) is 3. The normalized spacial score (nSPS) is 12.1. The Morgan fingerprint density at radius 3 is 1.78 bits per heavy atom. The highest BCUT2D eigenvalue weighted by Crippen LogP contribution is 2.48. The highest BCUT2D eigenvalue weighted by Gasteiger charge is 2.22. The molecule has 2 nitrogen and oxygen atoms in total. The molecule has 11 rings (SSSR count). The van der Waals surface area contributed by atoms with Crippen LogP contribution in [0.15, 0.2) is 167 Å². The molecule has 0 bridgehead atoms. The van der Waals surface area contributed by atoms with Crippen molar-refractivity contribution in [2.75, 3.05) is 0 Å². The lowest BCUT2D eigenvalue weighted by Gasteiger charge is -2.18. The van der Waals surface area contributed by atoms with E-state index in [0.29, 0.717) is 0 Å². The van der Waals surface area contributed by atoms with E-state index in [-0.39, 0.29) is 0 Å². The van der Waals surface area contributed by atoms with Gasteiger partial charge in [-0.3, -0.25) is 0 Å². The van der Waals surface area contributed by atoms with Crippen LogP contribution in [0.5, 0.6) is 0 Å². The second-order valence-electron chi connectivity index (χ2n) is 12.8. The number of thiophene rings is 1. The zero-order valence-electron chi connectivity index (χ0n) is 26.2. The minimum Gasteiger partial charge on any atom is -0.464 e. The summed E-state index contributed by atoms with van der Waals surface area (Å²) in [5.74, 6) is 0. The van der Waals surface area contributed by atoms with Crippen LogP contribution in [0.2, 0.25) is 0 Å². The van der Waals surface area contributed by atoms with Crippen molar-refractivity contribution < 1.29 is 8.83 Å². The first-order valence-electron chi connectivity index (χ1n) is 16.6. The van der Waals surface area contributed by atoms with Gasteiger partial charge in [-0.15, -0.1) is 11.3 Å². The molecule has 0 aliphatic carbocycles. The summed E-state index contributed by atoms with van der Waals surface area (Å²) < 4.78 is 15.7. The van der Waals surface area contributed by atoms with Crippen LogP contribution in [0.3, 0.4) is 0 Å². The van der Waals surface area contributed by atoms with E-state index in [9.17, 15) is 0 Å². The second-order valence-corrected chi connectivity index (χ2v) is 13.8. The van der Waals surface area contributed by atoms with Gasteiger partial charge < -0.3 is 8.83 Å². The zero-order valence-corrected chi connectivity index (χ0v) is 27.1. The summed E-state index contributed by atoms with van der Waals surface area (Å²) in [5, 5.41) is 10.7. The highest BCUT2D eigenvalue weighted by molar-refractivity contribution is 7.25. The van der Waals surface area contributed by atoms with E-state index < -0.39 is 0 Å². The lowest BCUT2D eigenvalue weighted by molar-refractivity contribution is 0.616. The third kappa shape index (κ3) is 3.82. The van der Waals surface area contributed by atoms with E-state index in [2.05, 4.69) is 146 Å². The molecule has 0 fully saturated rings. The lowest BCUT2D eigenvalue weighted by atomic mass is 9.85. The van der Waals surface area contributed by atoms with Crippen molar-refractivity contribution in [2.45, 2.75) is 0 Å². The number of para-hydroxylation sites is 1. The molecule has 0 aliphatic heterocycles. The van der Waals surface area contributed by atoms with Gasteiger partial charge in [0.15, 0.2) is 0 Å².